The van der Waals surface area contributed by atoms with Crippen LogP contribution in [0.15, 0.2) is 0 Å². The molecule has 3 heteroatoms. The van der Waals surface area contributed by atoms with Gasteiger partial charge in [0.2, 0.25) is 0 Å². The molecule has 1 rings (SSSR count). The Morgan fingerprint density at radius 1 is 1.18 bits per heavy atom. The van der Waals surface area contributed by atoms with Crippen molar-refractivity contribution in [3.63, 3.8) is 0 Å². The lowest BCUT2D eigenvalue weighted by Crippen LogP contribution is -2.31. The van der Waals surface area contributed by atoms with E-state index in [9.17, 15) is 0 Å². The summed E-state index contributed by atoms with van der Waals surface area (Å²) in [6, 6.07) is 0. The molecule has 17 heavy (non-hydrogen) atoms. The highest BCUT2D eigenvalue weighted by atomic mass is 16.5. The zero-order valence-corrected chi connectivity index (χ0v) is 11.7. The van der Waals surface area contributed by atoms with Crippen LogP contribution in [-0.4, -0.2) is 32.5 Å². The van der Waals surface area contributed by atoms with E-state index in [-0.39, 0.29) is 5.60 Å². The van der Waals surface area contributed by atoms with E-state index in [2.05, 4.69) is 13.8 Å². The molecule has 0 spiro atoms. The lowest BCUT2D eigenvalue weighted by molar-refractivity contribution is -0.0196. The van der Waals surface area contributed by atoms with Gasteiger partial charge in [-0.05, 0) is 51.5 Å². The fraction of sp³-hybridized carbons (Fsp3) is 1.00. The average molecular weight is 243 g/mol. The van der Waals surface area contributed by atoms with Crippen molar-refractivity contribution in [3.05, 3.63) is 0 Å². The Labute approximate surface area is 106 Å². The fourth-order valence-corrected chi connectivity index (χ4v) is 2.47. The van der Waals surface area contributed by atoms with Gasteiger partial charge in [-0.3, -0.25) is 0 Å². The Morgan fingerprint density at radius 2 is 1.82 bits per heavy atom. The molecule has 1 saturated carbocycles. The molecule has 2 N–H and O–H groups in total. The van der Waals surface area contributed by atoms with Gasteiger partial charge in [-0.15, -0.1) is 0 Å². The van der Waals surface area contributed by atoms with Crippen LogP contribution in [0.2, 0.25) is 0 Å². The SMILES string of the molecule is COC(C)(C)CCOCC1CCCCC1CN. The van der Waals surface area contributed by atoms with Gasteiger partial charge in [0.1, 0.15) is 0 Å². The zero-order chi connectivity index (χ0) is 12.7. The molecule has 0 bridgehead atoms. The van der Waals surface area contributed by atoms with E-state index in [4.69, 9.17) is 15.2 Å². The van der Waals surface area contributed by atoms with Crippen LogP contribution in [-0.2, 0) is 9.47 Å². The summed E-state index contributed by atoms with van der Waals surface area (Å²) in [5.41, 5.74) is 5.74. The molecule has 0 aliphatic heterocycles. The molecule has 0 aromatic heterocycles. The zero-order valence-electron chi connectivity index (χ0n) is 11.7. The molecule has 0 aromatic carbocycles. The third kappa shape index (κ3) is 5.36. The fourth-order valence-electron chi connectivity index (χ4n) is 2.47. The molecule has 1 fully saturated rings. The molecule has 1 aliphatic carbocycles. The first-order chi connectivity index (χ1) is 8.09. The Balaban J connectivity index is 2.16. The molecule has 1 aliphatic rings. The Hall–Kier alpha value is -0.120. The number of nitrogens with two attached hydrogens (primary N) is 1. The lowest BCUT2D eigenvalue weighted by atomic mass is 9.80. The number of hydrogen-bond donors (Lipinski definition) is 1. The topological polar surface area (TPSA) is 44.5 Å². The molecular formula is C14H29NO2. The third-order valence-corrected chi connectivity index (χ3v) is 4.10. The second-order valence-corrected chi connectivity index (χ2v) is 5.83. The van der Waals surface area contributed by atoms with Crippen LogP contribution in [0.25, 0.3) is 0 Å². The normalized spacial score (nSPS) is 26.1. The highest BCUT2D eigenvalue weighted by molar-refractivity contribution is 4.76. The Bertz CT molecular complexity index is 206. The minimum atomic E-state index is -0.0696. The number of ether oxygens (including phenoxy) is 2. The third-order valence-electron chi connectivity index (χ3n) is 4.10. The van der Waals surface area contributed by atoms with Gasteiger partial charge in [-0.2, -0.15) is 0 Å². The standard InChI is InChI=1S/C14H29NO2/c1-14(2,16-3)8-9-17-11-13-7-5-4-6-12(13)10-15/h12-13H,4-11,15H2,1-3H3. The summed E-state index contributed by atoms with van der Waals surface area (Å²) in [5, 5.41) is 0. The number of rotatable bonds is 7. The second-order valence-electron chi connectivity index (χ2n) is 5.83. The maximum atomic E-state index is 5.81. The van der Waals surface area contributed by atoms with Gasteiger partial charge in [-0.1, -0.05) is 12.8 Å². The molecule has 0 heterocycles. The number of methoxy groups -OCH3 is 1. The van der Waals surface area contributed by atoms with Gasteiger partial charge in [0, 0.05) is 20.3 Å². The summed E-state index contributed by atoms with van der Waals surface area (Å²) in [7, 11) is 1.76. The van der Waals surface area contributed by atoms with E-state index >= 15 is 0 Å². The first kappa shape index (κ1) is 14.9. The van der Waals surface area contributed by atoms with Crippen molar-refractivity contribution in [2.45, 2.75) is 51.6 Å². The van der Waals surface area contributed by atoms with E-state index in [1.807, 2.05) is 0 Å². The van der Waals surface area contributed by atoms with Crippen LogP contribution in [0.1, 0.15) is 46.0 Å². The van der Waals surface area contributed by atoms with E-state index in [1.165, 1.54) is 25.7 Å². The minimum Gasteiger partial charge on any atom is -0.381 e. The van der Waals surface area contributed by atoms with Crippen LogP contribution in [0.4, 0.5) is 0 Å². The Kier molecular flexibility index (Phi) is 6.45. The van der Waals surface area contributed by atoms with Crippen LogP contribution < -0.4 is 5.73 Å². The molecule has 3 nitrogen and oxygen atoms in total. The second kappa shape index (κ2) is 7.34. The Morgan fingerprint density at radius 3 is 2.41 bits per heavy atom. The number of hydrogen-bond acceptors (Lipinski definition) is 3. The highest BCUT2D eigenvalue weighted by Gasteiger charge is 2.24. The summed E-state index contributed by atoms with van der Waals surface area (Å²) in [6.45, 7) is 6.67. The maximum Gasteiger partial charge on any atom is 0.0644 e. The summed E-state index contributed by atoms with van der Waals surface area (Å²) in [4.78, 5) is 0. The molecule has 0 aromatic rings. The van der Waals surface area contributed by atoms with Crippen molar-refractivity contribution in [2.75, 3.05) is 26.9 Å². The van der Waals surface area contributed by atoms with Crippen LogP contribution in [0.5, 0.6) is 0 Å². The first-order valence-electron chi connectivity index (χ1n) is 6.92. The average Bonchev–Trinajstić information content (AvgIpc) is 2.35. The van der Waals surface area contributed by atoms with E-state index in [0.29, 0.717) is 11.8 Å². The molecule has 0 saturated heterocycles. The summed E-state index contributed by atoms with van der Waals surface area (Å²) < 4.78 is 11.2. The quantitative estimate of drug-likeness (QED) is 0.699. The van der Waals surface area contributed by atoms with Crippen LogP contribution >= 0.6 is 0 Å². The van der Waals surface area contributed by atoms with Gasteiger partial charge in [0.05, 0.1) is 5.60 Å². The summed E-state index contributed by atoms with van der Waals surface area (Å²) >= 11 is 0. The van der Waals surface area contributed by atoms with Crippen molar-refractivity contribution in [1.82, 2.24) is 0 Å². The minimum absolute atomic E-state index is 0.0696. The monoisotopic (exact) mass is 243 g/mol. The van der Waals surface area contributed by atoms with Crippen LogP contribution in [0, 0.1) is 11.8 Å². The molecule has 0 radical (unpaired) electrons. The van der Waals surface area contributed by atoms with Crippen molar-refractivity contribution < 1.29 is 9.47 Å². The van der Waals surface area contributed by atoms with Crippen molar-refractivity contribution in [3.8, 4) is 0 Å². The summed E-state index contributed by atoms with van der Waals surface area (Å²) in [5.74, 6) is 1.36. The van der Waals surface area contributed by atoms with Gasteiger partial charge in [0.15, 0.2) is 0 Å². The van der Waals surface area contributed by atoms with Gasteiger partial charge >= 0.3 is 0 Å². The predicted molar refractivity (Wildman–Crippen MR) is 71.0 cm³/mol. The molecule has 2 atom stereocenters. The largest absolute Gasteiger partial charge is 0.381 e. The molecule has 2 unspecified atom stereocenters. The van der Waals surface area contributed by atoms with E-state index < -0.39 is 0 Å². The smallest absolute Gasteiger partial charge is 0.0644 e. The predicted octanol–water partition coefficient (Wildman–Crippen LogP) is 2.58. The summed E-state index contributed by atoms with van der Waals surface area (Å²) in [6.07, 6.45) is 6.20. The van der Waals surface area contributed by atoms with Crippen molar-refractivity contribution >= 4 is 0 Å². The molecule has 102 valence electrons. The maximum absolute atomic E-state index is 5.81. The van der Waals surface area contributed by atoms with Crippen molar-refractivity contribution in [1.29, 1.82) is 0 Å². The van der Waals surface area contributed by atoms with Gasteiger partial charge in [-0.25, -0.2) is 0 Å². The lowest BCUT2D eigenvalue weighted by Gasteiger charge is -2.31. The van der Waals surface area contributed by atoms with Crippen molar-refractivity contribution in [2.24, 2.45) is 17.6 Å². The molecular weight excluding hydrogens is 214 g/mol. The van der Waals surface area contributed by atoms with E-state index in [0.717, 1.165) is 26.2 Å². The highest BCUT2D eigenvalue weighted by Crippen LogP contribution is 2.29. The van der Waals surface area contributed by atoms with Gasteiger partial charge in [0.25, 0.3) is 0 Å². The molecule has 0 amide bonds. The van der Waals surface area contributed by atoms with E-state index in [1.54, 1.807) is 7.11 Å². The first-order valence-corrected chi connectivity index (χ1v) is 6.92. The van der Waals surface area contributed by atoms with Crippen LogP contribution in [0.3, 0.4) is 0 Å². The van der Waals surface area contributed by atoms with Gasteiger partial charge < -0.3 is 15.2 Å².